The second-order valence-electron chi connectivity index (χ2n) is 8.47. The average molecular weight is 387 g/mol. The Morgan fingerprint density at radius 1 is 1.34 bits per heavy atom. The molecular formula is C23H25N5O. The van der Waals surface area contributed by atoms with Crippen molar-refractivity contribution >= 4 is 22.6 Å². The minimum atomic E-state index is -0.0973. The molecular weight excluding hydrogens is 362 g/mol. The summed E-state index contributed by atoms with van der Waals surface area (Å²) in [4.78, 5) is 15.4. The van der Waals surface area contributed by atoms with E-state index < -0.39 is 0 Å². The van der Waals surface area contributed by atoms with Crippen molar-refractivity contribution in [2.24, 2.45) is 5.92 Å². The van der Waals surface area contributed by atoms with E-state index in [-0.39, 0.29) is 17.4 Å². The number of rotatable bonds is 4. The Morgan fingerprint density at radius 3 is 2.83 bits per heavy atom. The maximum Gasteiger partial charge on any atom is 0.230 e. The number of H-pyrrole nitrogens is 1. The number of nitriles is 1. The highest BCUT2D eigenvalue weighted by Crippen LogP contribution is 2.35. The number of likely N-dealkylation sites (tertiary alicyclic amines) is 1. The molecule has 0 radical (unpaired) electrons. The van der Waals surface area contributed by atoms with Crippen molar-refractivity contribution < 1.29 is 4.79 Å². The third-order valence-corrected chi connectivity index (χ3v) is 5.90. The van der Waals surface area contributed by atoms with Crippen LogP contribution in [0, 0.1) is 24.2 Å². The Bertz CT molecular complexity index is 1090. The SMILES string of the molecule is Cc1cc2c(NC(=O)C3CN(Cc4ccccc4)C(C)(C)C3)n[nH]c2cc1C#N. The molecule has 2 heterocycles. The second-order valence-corrected chi connectivity index (χ2v) is 8.47. The first kappa shape index (κ1) is 19.2. The number of aryl methyl sites for hydroxylation is 1. The molecule has 3 aromatic rings. The lowest BCUT2D eigenvalue weighted by Crippen LogP contribution is -2.37. The van der Waals surface area contributed by atoms with Crippen molar-refractivity contribution in [3.8, 4) is 6.07 Å². The molecule has 0 bridgehead atoms. The van der Waals surface area contributed by atoms with Crippen LogP contribution < -0.4 is 5.32 Å². The first-order chi connectivity index (χ1) is 13.9. The number of carbonyl (C=O) groups excluding carboxylic acids is 1. The normalized spacial score (nSPS) is 18.6. The van der Waals surface area contributed by atoms with E-state index in [2.05, 4.69) is 52.5 Å². The maximum atomic E-state index is 13.0. The number of benzene rings is 2. The van der Waals surface area contributed by atoms with E-state index in [0.717, 1.165) is 29.4 Å². The lowest BCUT2D eigenvalue weighted by Gasteiger charge is -2.31. The van der Waals surface area contributed by atoms with E-state index in [9.17, 15) is 10.1 Å². The number of carbonyl (C=O) groups is 1. The van der Waals surface area contributed by atoms with Gasteiger partial charge < -0.3 is 5.32 Å². The van der Waals surface area contributed by atoms with Crippen molar-refractivity contribution in [2.75, 3.05) is 11.9 Å². The number of hydrogen-bond acceptors (Lipinski definition) is 4. The summed E-state index contributed by atoms with van der Waals surface area (Å²) < 4.78 is 0. The van der Waals surface area contributed by atoms with Gasteiger partial charge in [0.15, 0.2) is 5.82 Å². The Labute approximate surface area is 170 Å². The molecule has 148 valence electrons. The van der Waals surface area contributed by atoms with E-state index >= 15 is 0 Å². The van der Waals surface area contributed by atoms with E-state index in [4.69, 9.17) is 0 Å². The lowest BCUT2D eigenvalue weighted by atomic mass is 9.95. The third-order valence-electron chi connectivity index (χ3n) is 5.90. The first-order valence-corrected chi connectivity index (χ1v) is 9.86. The minimum absolute atomic E-state index is 0.0101. The van der Waals surface area contributed by atoms with Gasteiger partial charge in [-0.05, 0) is 50.5 Å². The molecule has 6 nitrogen and oxygen atoms in total. The number of nitrogens with one attached hydrogen (secondary N) is 2. The summed E-state index contributed by atoms with van der Waals surface area (Å²) in [5, 5.41) is 20.2. The van der Waals surface area contributed by atoms with Gasteiger partial charge in [-0.1, -0.05) is 30.3 Å². The van der Waals surface area contributed by atoms with Crippen LogP contribution in [0.1, 0.15) is 37.0 Å². The fraction of sp³-hybridized carbons (Fsp3) is 0.348. The number of nitrogens with zero attached hydrogens (tertiary/aromatic N) is 3. The summed E-state index contributed by atoms with van der Waals surface area (Å²) in [5.74, 6) is 0.417. The molecule has 0 aliphatic carbocycles. The van der Waals surface area contributed by atoms with Crippen LogP contribution in [-0.4, -0.2) is 33.1 Å². The fourth-order valence-corrected chi connectivity index (χ4v) is 4.17. The predicted octanol–water partition coefficient (Wildman–Crippen LogP) is 3.98. The van der Waals surface area contributed by atoms with Gasteiger partial charge in [0.1, 0.15) is 0 Å². The van der Waals surface area contributed by atoms with Crippen LogP contribution in [0.4, 0.5) is 5.82 Å². The number of anilines is 1. The summed E-state index contributed by atoms with van der Waals surface area (Å²) in [6.45, 7) is 7.82. The van der Waals surface area contributed by atoms with Gasteiger partial charge in [0.2, 0.25) is 5.91 Å². The summed E-state index contributed by atoms with van der Waals surface area (Å²) >= 11 is 0. The molecule has 6 heteroatoms. The largest absolute Gasteiger partial charge is 0.308 e. The average Bonchev–Trinajstić information content (AvgIpc) is 3.22. The van der Waals surface area contributed by atoms with Crippen LogP contribution in [-0.2, 0) is 11.3 Å². The Balaban J connectivity index is 1.50. The van der Waals surface area contributed by atoms with Crippen molar-refractivity contribution in [3.63, 3.8) is 0 Å². The number of fused-ring (bicyclic) bond motifs is 1. The molecule has 4 rings (SSSR count). The maximum absolute atomic E-state index is 13.0. The Kier molecular flexibility index (Phi) is 4.85. The number of aromatic amines is 1. The zero-order valence-electron chi connectivity index (χ0n) is 17.0. The molecule has 1 aliphatic heterocycles. The van der Waals surface area contributed by atoms with E-state index in [1.807, 2.05) is 31.2 Å². The molecule has 1 fully saturated rings. The zero-order valence-corrected chi connectivity index (χ0v) is 17.0. The molecule has 1 amide bonds. The molecule has 0 spiro atoms. The smallest absolute Gasteiger partial charge is 0.230 e. The van der Waals surface area contributed by atoms with Gasteiger partial charge in [0, 0.05) is 24.0 Å². The monoisotopic (exact) mass is 387 g/mol. The van der Waals surface area contributed by atoms with Crippen LogP contribution in [0.15, 0.2) is 42.5 Å². The lowest BCUT2D eigenvalue weighted by molar-refractivity contribution is -0.119. The quantitative estimate of drug-likeness (QED) is 0.709. The summed E-state index contributed by atoms with van der Waals surface area (Å²) in [6.07, 6.45) is 0.797. The predicted molar refractivity (Wildman–Crippen MR) is 113 cm³/mol. The van der Waals surface area contributed by atoms with Crippen LogP contribution in [0.5, 0.6) is 0 Å². The van der Waals surface area contributed by atoms with E-state index in [1.165, 1.54) is 5.56 Å². The molecule has 1 atom stereocenters. The van der Waals surface area contributed by atoms with E-state index in [0.29, 0.717) is 17.9 Å². The molecule has 1 saturated heterocycles. The highest BCUT2D eigenvalue weighted by Gasteiger charge is 2.41. The number of aromatic nitrogens is 2. The zero-order chi connectivity index (χ0) is 20.6. The van der Waals surface area contributed by atoms with Gasteiger partial charge >= 0.3 is 0 Å². The molecule has 0 saturated carbocycles. The van der Waals surface area contributed by atoms with Crippen LogP contribution in [0.2, 0.25) is 0 Å². The molecule has 1 aliphatic rings. The van der Waals surface area contributed by atoms with Crippen LogP contribution >= 0.6 is 0 Å². The number of hydrogen-bond donors (Lipinski definition) is 2. The van der Waals surface area contributed by atoms with Gasteiger partial charge in [-0.15, -0.1) is 0 Å². The first-order valence-electron chi connectivity index (χ1n) is 9.86. The van der Waals surface area contributed by atoms with Gasteiger partial charge in [-0.25, -0.2) is 0 Å². The summed E-state index contributed by atoms with van der Waals surface area (Å²) in [6, 6.07) is 16.2. The van der Waals surface area contributed by atoms with Gasteiger partial charge in [0.25, 0.3) is 0 Å². The van der Waals surface area contributed by atoms with Crippen molar-refractivity contribution in [2.45, 2.75) is 39.3 Å². The standard InChI is InChI=1S/C23H25N5O/c1-15-9-19-20(10-17(15)12-24)26-27-21(19)25-22(29)18-11-23(2,3)28(14-18)13-16-7-5-4-6-8-16/h4-10,18H,11,13-14H2,1-3H3,(H2,25,26,27,29). The topological polar surface area (TPSA) is 84.8 Å². The third kappa shape index (κ3) is 3.74. The van der Waals surface area contributed by atoms with Gasteiger partial charge in [-0.2, -0.15) is 10.4 Å². The molecule has 2 aromatic carbocycles. The Morgan fingerprint density at radius 2 is 2.10 bits per heavy atom. The minimum Gasteiger partial charge on any atom is -0.308 e. The van der Waals surface area contributed by atoms with Crippen molar-refractivity contribution in [3.05, 3.63) is 59.2 Å². The molecule has 1 aromatic heterocycles. The van der Waals surface area contributed by atoms with E-state index in [1.54, 1.807) is 6.07 Å². The second kappa shape index (κ2) is 7.34. The Hall–Kier alpha value is -3.17. The molecule has 29 heavy (non-hydrogen) atoms. The van der Waals surface area contributed by atoms with Crippen molar-refractivity contribution in [1.29, 1.82) is 5.26 Å². The van der Waals surface area contributed by atoms with Crippen LogP contribution in [0.25, 0.3) is 10.9 Å². The van der Waals surface area contributed by atoms with Crippen LogP contribution in [0.3, 0.4) is 0 Å². The molecule has 2 N–H and O–H groups in total. The summed E-state index contributed by atoms with van der Waals surface area (Å²) in [5.41, 5.74) is 3.42. The van der Waals surface area contributed by atoms with Gasteiger partial charge in [-0.3, -0.25) is 14.8 Å². The highest BCUT2D eigenvalue weighted by molar-refractivity contribution is 6.01. The number of amides is 1. The van der Waals surface area contributed by atoms with Crippen molar-refractivity contribution in [1.82, 2.24) is 15.1 Å². The van der Waals surface area contributed by atoms with Gasteiger partial charge in [0.05, 0.1) is 23.1 Å². The fourth-order valence-electron chi connectivity index (χ4n) is 4.17. The summed E-state index contributed by atoms with van der Waals surface area (Å²) in [7, 11) is 0. The molecule has 1 unspecified atom stereocenters. The highest BCUT2D eigenvalue weighted by atomic mass is 16.2.